The summed E-state index contributed by atoms with van der Waals surface area (Å²) in [5.41, 5.74) is 1.61. The van der Waals surface area contributed by atoms with Crippen molar-refractivity contribution < 1.29 is 22.7 Å². The van der Waals surface area contributed by atoms with E-state index in [1.54, 1.807) is 42.5 Å². The van der Waals surface area contributed by atoms with Gasteiger partial charge in [-0.3, -0.25) is 4.79 Å². The van der Waals surface area contributed by atoms with Gasteiger partial charge in [-0.1, -0.05) is 47.5 Å². The van der Waals surface area contributed by atoms with Crippen LogP contribution in [0.1, 0.15) is 0 Å². The number of hydrogen-bond acceptors (Lipinski definition) is 3. The van der Waals surface area contributed by atoms with Crippen LogP contribution in [0.15, 0.2) is 53.1 Å². The second kappa shape index (κ2) is 8.04. The Morgan fingerprint density at radius 3 is 2.56 bits per heavy atom. The number of halogens is 5. The molecule has 0 bridgehead atoms. The van der Waals surface area contributed by atoms with Crippen LogP contribution in [0.25, 0.3) is 11.1 Å². The predicted molar refractivity (Wildman–Crippen MR) is 102 cm³/mol. The van der Waals surface area contributed by atoms with Crippen LogP contribution < -0.4 is 5.32 Å². The normalized spacial score (nSPS) is 14.7. The van der Waals surface area contributed by atoms with Crippen LogP contribution in [0, 0.1) is 0 Å². The maximum Gasteiger partial charge on any atom is 0.450 e. The smallest absolute Gasteiger partial charge is 0.450 e. The summed E-state index contributed by atoms with van der Waals surface area (Å²) in [6.45, 7) is -0.101. The number of hydrogen-bond donors (Lipinski definition) is 1. The molecule has 3 nitrogen and oxygen atoms in total. The molecule has 142 valence electrons. The van der Waals surface area contributed by atoms with Gasteiger partial charge in [0, 0.05) is 17.0 Å². The van der Waals surface area contributed by atoms with Gasteiger partial charge in [0.05, 0.1) is 16.7 Å². The van der Waals surface area contributed by atoms with E-state index in [0.717, 1.165) is 11.8 Å². The van der Waals surface area contributed by atoms with Gasteiger partial charge in [-0.05, 0) is 23.8 Å². The van der Waals surface area contributed by atoms with Gasteiger partial charge >= 0.3 is 6.18 Å². The Bertz CT molecular complexity index is 916. The Hall–Kier alpha value is -1.83. The van der Waals surface area contributed by atoms with Crippen LogP contribution in [0.3, 0.4) is 0 Å². The van der Waals surface area contributed by atoms with E-state index in [2.05, 4.69) is 5.32 Å². The molecule has 2 aromatic rings. The van der Waals surface area contributed by atoms with Gasteiger partial charge in [0.2, 0.25) is 5.76 Å². The molecule has 0 atom stereocenters. The van der Waals surface area contributed by atoms with E-state index in [-0.39, 0.29) is 12.4 Å². The first-order chi connectivity index (χ1) is 12.8. The van der Waals surface area contributed by atoms with Crippen molar-refractivity contribution in [1.29, 1.82) is 0 Å². The number of benzene rings is 2. The quantitative estimate of drug-likeness (QED) is 0.631. The monoisotopic (exact) mass is 433 g/mol. The van der Waals surface area contributed by atoms with Gasteiger partial charge in [0.15, 0.2) is 0 Å². The third-order valence-electron chi connectivity index (χ3n) is 3.65. The summed E-state index contributed by atoms with van der Waals surface area (Å²) < 4.78 is 44.0. The SMILES string of the molecule is O=C(Nc1ccccc1-c1ccc(Cl)c(Cl)c1)C1=C(C(F)(F)F)OCCS1. The molecule has 1 heterocycles. The minimum Gasteiger partial charge on any atom is -0.487 e. The molecular weight excluding hydrogens is 422 g/mol. The van der Waals surface area contributed by atoms with E-state index in [1.165, 1.54) is 0 Å². The molecule has 0 saturated carbocycles. The molecule has 1 aliphatic rings. The molecule has 0 aromatic heterocycles. The minimum absolute atomic E-state index is 0.101. The van der Waals surface area contributed by atoms with Crippen molar-refractivity contribution in [3.63, 3.8) is 0 Å². The number of anilines is 1. The Labute approximate surface area is 167 Å². The van der Waals surface area contributed by atoms with Crippen molar-refractivity contribution in [2.24, 2.45) is 0 Å². The molecule has 0 fully saturated rings. The molecule has 2 aromatic carbocycles. The summed E-state index contributed by atoms with van der Waals surface area (Å²) in [7, 11) is 0. The highest BCUT2D eigenvalue weighted by molar-refractivity contribution is 8.04. The Morgan fingerprint density at radius 1 is 1.11 bits per heavy atom. The highest BCUT2D eigenvalue weighted by Crippen LogP contribution is 2.38. The number of thioether (sulfide) groups is 1. The number of ether oxygens (including phenoxy) is 1. The van der Waals surface area contributed by atoms with Gasteiger partial charge in [-0.25, -0.2) is 0 Å². The van der Waals surface area contributed by atoms with Gasteiger partial charge in [0.25, 0.3) is 5.91 Å². The molecule has 3 rings (SSSR count). The van der Waals surface area contributed by atoms with Crippen LogP contribution in [-0.4, -0.2) is 24.4 Å². The number of carbonyl (C=O) groups is 1. The average Bonchev–Trinajstić information content (AvgIpc) is 2.64. The second-order valence-electron chi connectivity index (χ2n) is 5.48. The molecule has 1 aliphatic heterocycles. The molecular formula is C18H12Cl2F3NO2S. The van der Waals surface area contributed by atoms with Crippen LogP contribution in [0.4, 0.5) is 18.9 Å². The maximum atomic E-state index is 13.1. The molecule has 0 saturated heterocycles. The summed E-state index contributed by atoms with van der Waals surface area (Å²) in [6.07, 6.45) is -4.73. The predicted octanol–water partition coefficient (Wildman–Crippen LogP) is 6.14. The first-order valence-corrected chi connectivity index (χ1v) is 9.44. The molecule has 1 N–H and O–H groups in total. The Kier molecular flexibility index (Phi) is 5.93. The summed E-state index contributed by atoms with van der Waals surface area (Å²) in [4.78, 5) is 12.0. The fourth-order valence-electron chi connectivity index (χ4n) is 2.48. The van der Waals surface area contributed by atoms with Crippen LogP contribution >= 0.6 is 35.0 Å². The molecule has 0 spiro atoms. The van der Waals surface area contributed by atoms with Crippen molar-refractivity contribution in [3.8, 4) is 11.1 Å². The maximum absolute atomic E-state index is 13.1. The first-order valence-electron chi connectivity index (χ1n) is 7.70. The van der Waals surface area contributed by atoms with E-state index >= 15 is 0 Å². The van der Waals surface area contributed by atoms with Crippen molar-refractivity contribution in [2.45, 2.75) is 6.18 Å². The van der Waals surface area contributed by atoms with Crippen molar-refractivity contribution in [1.82, 2.24) is 0 Å². The fraction of sp³-hybridized carbons (Fsp3) is 0.167. The standard InChI is InChI=1S/C18H12Cl2F3NO2S/c19-12-6-5-10(9-13(12)20)11-3-1-2-4-14(11)24-17(25)15-16(18(21,22)23)26-7-8-27-15/h1-6,9H,7-8H2,(H,24,25). The fourth-order valence-corrected chi connectivity index (χ4v) is 3.64. The third kappa shape index (κ3) is 4.54. The summed E-state index contributed by atoms with van der Waals surface area (Å²) in [5, 5.41) is 3.24. The summed E-state index contributed by atoms with van der Waals surface area (Å²) >= 11 is 12.8. The number of rotatable bonds is 3. The topological polar surface area (TPSA) is 38.3 Å². The van der Waals surface area contributed by atoms with Gasteiger partial charge in [0.1, 0.15) is 4.91 Å². The van der Waals surface area contributed by atoms with E-state index < -0.39 is 22.7 Å². The van der Waals surface area contributed by atoms with E-state index in [9.17, 15) is 18.0 Å². The minimum atomic E-state index is -4.73. The van der Waals surface area contributed by atoms with E-state index in [4.69, 9.17) is 27.9 Å². The molecule has 0 radical (unpaired) electrons. The number of allylic oxidation sites excluding steroid dienone is 1. The number of amides is 1. The number of para-hydroxylation sites is 1. The number of alkyl halides is 3. The van der Waals surface area contributed by atoms with Gasteiger partial charge < -0.3 is 10.1 Å². The zero-order valence-electron chi connectivity index (χ0n) is 13.6. The molecule has 1 amide bonds. The molecule has 0 unspecified atom stereocenters. The van der Waals surface area contributed by atoms with Crippen LogP contribution in [0.5, 0.6) is 0 Å². The Morgan fingerprint density at radius 2 is 1.85 bits per heavy atom. The zero-order chi connectivity index (χ0) is 19.6. The zero-order valence-corrected chi connectivity index (χ0v) is 15.9. The highest BCUT2D eigenvalue weighted by Gasteiger charge is 2.42. The largest absolute Gasteiger partial charge is 0.487 e. The highest BCUT2D eigenvalue weighted by atomic mass is 35.5. The summed E-state index contributed by atoms with van der Waals surface area (Å²) in [5.74, 6) is -1.88. The average molecular weight is 434 g/mol. The third-order valence-corrected chi connectivity index (χ3v) is 5.42. The first kappa shape index (κ1) is 19.9. The van der Waals surface area contributed by atoms with Gasteiger partial charge in [-0.15, -0.1) is 11.8 Å². The van der Waals surface area contributed by atoms with Crippen molar-refractivity contribution >= 4 is 46.6 Å². The van der Waals surface area contributed by atoms with Crippen LogP contribution in [0.2, 0.25) is 10.0 Å². The van der Waals surface area contributed by atoms with Crippen molar-refractivity contribution in [2.75, 3.05) is 17.7 Å². The lowest BCUT2D eigenvalue weighted by atomic mass is 10.0. The molecule has 27 heavy (non-hydrogen) atoms. The number of carbonyl (C=O) groups excluding carboxylic acids is 1. The lowest BCUT2D eigenvalue weighted by Gasteiger charge is -2.22. The van der Waals surface area contributed by atoms with E-state index in [1.807, 2.05) is 0 Å². The number of nitrogens with one attached hydrogen (secondary N) is 1. The summed E-state index contributed by atoms with van der Waals surface area (Å²) in [6, 6.07) is 11.7. The lowest BCUT2D eigenvalue weighted by Crippen LogP contribution is -2.26. The lowest BCUT2D eigenvalue weighted by molar-refractivity contribution is -0.133. The van der Waals surface area contributed by atoms with Crippen LogP contribution in [-0.2, 0) is 9.53 Å². The van der Waals surface area contributed by atoms with Crippen molar-refractivity contribution in [3.05, 3.63) is 63.2 Å². The molecule has 0 aliphatic carbocycles. The second-order valence-corrected chi connectivity index (χ2v) is 7.40. The van der Waals surface area contributed by atoms with E-state index in [0.29, 0.717) is 26.9 Å². The Balaban J connectivity index is 1.95. The van der Waals surface area contributed by atoms with Gasteiger partial charge in [-0.2, -0.15) is 13.2 Å². The molecule has 9 heteroatoms.